The van der Waals surface area contributed by atoms with Gasteiger partial charge < -0.3 is 15.0 Å². The van der Waals surface area contributed by atoms with Crippen molar-refractivity contribution in [3.8, 4) is 11.1 Å². The molecule has 0 unspecified atom stereocenters. The van der Waals surface area contributed by atoms with Crippen molar-refractivity contribution in [2.45, 2.75) is 32.1 Å². The molecule has 1 saturated heterocycles. The molecular weight excluding hydrogens is 409 g/mol. The Hall–Kier alpha value is -3.00. The Morgan fingerprint density at radius 2 is 2.10 bits per heavy atom. The van der Waals surface area contributed by atoms with Gasteiger partial charge in [0, 0.05) is 36.5 Å². The molecule has 9 heteroatoms. The summed E-state index contributed by atoms with van der Waals surface area (Å²) in [6.07, 6.45) is 4.84. The van der Waals surface area contributed by atoms with E-state index in [-0.39, 0.29) is 17.3 Å². The molecule has 4 rings (SSSR count). The fourth-order valence-corrected chi connectivity index (χ4v) is 4.06. The van der Waals surface area contributed by atoms with Crippen molar-refractivity contribution in [2.75, 3.05) is 18.0 Å². The van der Waals surface area contributed by atoms with E-state index >= 15 is 0 Å². The van der Waals surface area contributed by atoms with Crippen LogP contribution in [0.3, 0.4) is 0 Å². The van der Waals surface area contributed by atoms with Crippen LogP contribution in [0.5, 0.6) is 0 Å². The molecule has 0 radical (unpaired) electrons. The zero-order chi connectivity index (χ0) is 21.3. The van der Waals surface area contributed by atoms with Gasteiger partial charge in [-0.1, -0.05) is 17.7 Å². The second kappa shape index (κ2) is 8.39. The lowest BCUT2D eigenvalue weighted by atomic mass is 9.92. The lowest BCUT2D eigenvalue weighted by molar-refractivity contribution is -0.136. The van der Waals surface area contributed by atoms with Crippen LogP contribution < -0.4 is 4.90 Å². The lowest BCUT2D eigenvalue weighted by Crippen LogP contribution is -2.34. The number of aromatic nitrogens is 4. The Morgan fingerprint density at radius 1 is 1.33 bits per heavy atom. The SMILES string of the molecule is Cc1[nH]cnc1C1CCN(c2nc(CC(=O)O)ncc2-c2ccc(F)c(Cl)c2)CC1. The normalized spacial score (nSPS) is 14.8. The molecule has 7 nitrogen and oxygen atoms in total. The van der Waals surface area contributed by atoms with Gasteiger partial charge in [0.2, 0.25) is 0 Å². The van der Waals surface area contributed by atoms with E-state index in [9.17, 15) is 9.18 Å². The van der Waals surface area contributed by atoms with Crippen molar-refractivity contribution in [3.05, 3.63) is 58.8 Å². The molecular formula is C21H21ClFN5O2. The predicted octanol–water partition coefficient (Wildman–Crippen LogP) is 3.98. The zero-order valence-corrected chi connectivity index (χ0v) is 17.2. The van der Waals surface area contributed by atoms with Gasteiger partial charge in [0.25, 0.3) is 0 Å². The van der Waals surface area contributed by atoms with Gasteiger partial charge in [-0.05, 0) is 37.5 Å². The number of aromatic amines is 1. The topological polar surface area (TPSA) is 95.0 Å². The molecule has 3 aromatic rings. The molecule has 0 atom stereocenters. The summed E-state index contributed by atoms with van der Waals surface area (Å²) in [5, 5.41) is 9.14. The Kier molecular flexibility index (Phi) is 5.67. The number of nitrogens with one attached hydrogen (secondary N) is 1. The highest BCUT2D eigenvalue weighted by molar-refractivity contribution is 6.31. The number of imidazole rings is 1. The number of nitrogens with zero attached hydrogens (tertiary/aromatic N) is 4. The first kappa shape index (κ1) is 20.3. The van der Waals surface area contributed by atoms with E-state index in [2.05, 4.69) is 24.8 Å². The van der Waals surface area contributed by atoms with Crippen LogP contribution in [-0.2, 0) is 11.2 Å². The van der Waals surface area contributed by atoms with E-state index in [1.807, 2.05) is 6.92 Å². The van der Waals surface area contributed by atoms with Crippen molar-refractivity contribution in [1.82, 2.24) is 19.9 Å². The van der Waals surface area contributed by atoms with Crippen LogP contribution >= 0.6 is 11.6 Å². The number of carbonyl (C=O) groups is 1. The molecule has 3 heterocycles. The van der Waals surface area contributed by atoms with Gasteiger partial charge in [0.05, 0.1) is 17.0 Å². The van der Waals surface area contributed by atoms with E-state index in [4.69, 9.17) is 16.7 Å². The van der Waals surface area contributed by atoms with Crippen LogP contribution in [0.15, 0.2) is 30.7 Å². The summed E-state index contributed by atoms with van der Waals surface area (Å²) < 4.78 is 13.6. The number of piperidine rings is 1. The standard InChI is InChI=1S/C21H21ClFN5O2/c1-12-20(26-11-25-12)13-4-6-28(7-5-13)21-15(10-24-18(27-21)9-19(29)30)14-2-3-17(23)16(22)8-14/h2-3,8,10-11,13H,4-7,9H2,1H3,(H,25,26)(H,29,30). The van der Waals surface area contributed by atoms with Gasteiger partial charge in [-0.15, -0.1) is 0 Å². The van der Waals surface area contributed by atoms with Crippen molar-refractivity contribution < 1.29 is 14.3 Å². The van der Waals surface area contributed by atoms with Crippen LogP contribution in [0, 0.1) is 12.7 Å². The third-order valence-electron chi connectivity index (χ3n) is 5.41. The van der Waals surface area contributed by atoms with Gasteiger partial charge in [0.1, 0.15) is 23.9 Å². The summed E-state index contributed by atoms with van der Waals surface area (Å²) in [7, 11) is 0. The largest absolute Gasteiger partial charge is 0.481 e. The van der Waals surface area contributed by atoms with Crippen LogP contribution in [-0.4, -0.2) is 44.1 Å². The zero-order valence-electron chi connectivity index (χ0n) is 16.4. The van der Waals surface area contributed by atoms with Crippen molar-refractivity contribution in [1.29, 1.82) is 0 Å². The number of aryl methyl sites for hydroxylation is 1. The molecule has 2 aromatic heterocycles. The number of anilines is 1. The molecule has 1 aromatic carbocycles. The first-order chi connectivity index (χ1) is 14.4. The fourth-order valence-electron chi connectivity index (χ4n) is 3.88. The highest BCUT2D eigenvalue weighted by atomic mass is 35.5. The van der Waals surface area contributed by atoms with E-state index in [1.165, 1.54) is 12.1 Å². The number of hydrogen-bond donors (Lipinski definition) is 2. The van der Waals surface area contributed by atoms with Gasteiger partial charge >= 0.3 is 5.97 Å². The Bertz CT molecular complexity index is 1080. The molecule has 0 amide bonds. The highest BCUT2D eigenvalue weighted by Crippen LogP contribution is 2.35. The summed E-state index contributed by atoms with van der Waals surface area (Å²) in [6, 6.07) is 4.47. The third-order valence-corrected chi connectivity index (χ3v) is 5.70. The third kappa shape index (κ3) is 4.14. The first-order valence-corrected chi connectivity index (χ1v) is 10.1. The molecule has 2 N–H and O–H groups in total. The Labute approximate surface area is 178 Å². The maximum absolute atomic E-state index is 13.6. The van der Waals surface area contributed by atoms with Gasteiger partial charge in [0.15, 0.2) is 0 Å². The number of carboxylic acid groups (broad SMARTS) is 1. The molecule has 1 fully saturated rings. The smallest absolute Gasteiger partial charge is 0.311 e. The summed E-state index contributed by atoms with van der Waals surface area (Å²) in [5.74, 6) is -0.260. The van der Waals surface area contributed by atoms with Gasteiger partial charge in [-0.2, -0.15) is 0 Å². The maximum Gasteiger partial charge on any atom is 0.311 e. The first-order valence-electron chi connectivity index (χ1n) is 9.70. The molecule has 1 aliphatic heterocycles. The molecule has 1 aliphatic rings. The van der Waals surface area contributed by atoms with Crippen LogP contribution in [0.4, 0.5) is 10.2 Å². The number of halogens is 2. The second-order valence-electron chi connectivity index (χ2n) is 7.40. The predicted molar refractivity (Wildman–Crippen MR) is 111 cm³/mol. The van der Waals surface area contributed by atoms with Crippen LogP contribution in [0.2, 0.25) is 5.02 Å². The average molecular weight is 430 g/mol. The minimum Gasteiger partial charge on any atom is -0.481 e. The molecule has 0 aliphatic carbocycles. The van der Waals surface area contributed by atoms with E-state index < -0.39 is 11.8 Å². The summed E-state index contributed by atoms with van der Waals surface area (Å²) in [4.78, 5) is 29.6. The highest BCUT2D eigenvalue weighted by Gasteiger charge is 2.26. The monoisotopic (exact) mass is 429 g/mol. The number of aliphatic carboxylic acids is 1. The van der Waals surface area contributed by atoms with Crippen molar-refractivity contribution >= 4 is 23.4 Å². The number of benzene rings is 1. The Morgan fingerprint density at radius 3 is 2.73 bits per heavy atom. The van der Waals surface area contributed by atoms with Gasteiger partial charge in [-0.3, -0.25) is 4.79 Å². The molecule has 0 saturated carbocycles. The van der Waals surface area contributed by atoms with Crippen LogP contribution in [0.25, 0.3) is 11.1 Å². The Balaban J connectivity index is 1.65. The number of rotatable bonds is 5. The fraction of sp³-hybridized carbons (Fsp3) is 0.333. The molecule has 0 spiro atoms. The van der Waals surface area contributed by atoms with E-state index in [0.717, 1.165) is 37.3 Å². The summed E-state index contributed by atoms with van der Waals surface area (Å²) in [5.41, 5.74) is 3.55. The van der Waals surface area contributed by atoms with E-state index in [0.29, 0.717) is 22.9 Å². The molecule has 0 bridgehead atoms. The number of hydrogen-bond acceptors (Lipinski definition) is 5. The molecule has 156 valence electrons. The maximum atomic E-state index is 13.6. The number of H-pyrrole nitrogens is 1. The molecule has 30 heavy (non-hydrogen) atoms. The minimum absolute atomic E-state index is 0.0146. The van der Waals surface area contributed by atoms with E-state index in [1.54, 1.807) is 18.6 Å². The van der Waals surface area contributed by atoms with Crippen molar-refractivity contribution in [3.63, 3.8) is 0 Å². The quantitative estimate of drug-likeness (QED) is 0.637. The lowest BCUT2D eigenvalue weighted by Gasteiger charge is -2.33. The summed E-state index contributed by atoms with van der Waals surface area (Å²) in [6.45, 7) is 3.50. The second-order valence-corrected chi connectivity index (χ2v) is 7.80. The average Bonchev–Trinajstić information content (AvgIpc) is 3.16. The minimum atomic E-state index is -0.994. The van der Waals surface area contributed by atoms with Gasteiger partial charge in [-0.25, -0.2) is 19.3 Å². The van der Waals surface area contributed by atoms with Crippen LogP contribution in [0.1, 0.15) is 36.0 Å². The number of carboxylic acids is 1. The van der Waals surface area contributed by atoms with Crippen molar-refractivity contribution in [2.24, 2.45) is 0 Å². The summed E-state index contributed by atoms with van der Waals surface area (Å²) >= 11 is 5.98.